The van der Waals surface area contributed by atoms with Crippen LogP contribution in [0.1, 0.15) is 11.6 Å². The van der Waals surface area contributed by atoms with Crippen molar-refractivity contribution in [3.8, 4) is 0 Å². The van der Waals surface area contributed by atoms with Gasteiger partial charge in [0, 0.05) is 16.8 Å². The molecule has 35 heavy (non-hydrogen) atoms. The van der Waals surface area contributed by atoms with Gasteiger partial charge in [-0.15, -0.1) is 0 Å². The Kier molecular flexibility index (Phi) is 7.38. The van der Waals surface area contributed by atoms with Crippen molar-refractivity contribution in [2.24, 2.45) is 0 Å². The second-order valence-electron chi connectivity index (χ2n) is 7.35. The molecule has 1 aromatic heterocycles. The van der Waals surface area contributed by atoms with Gasteiger partial charge >= 0.3 is 0 Å². The molecule has 11 heteroatoms. The highest BCUT2D eigenvalue weighted by Crippen LogP contribution is 2.28. The van der Waals surface area contributed by atoms with E-state index in [1.54, 1.807) is 48.5 Å². The third-order valence-electron chi connectivity index (χ3n) is 4.97. The molecule has 7 nitrogen and oxygen atoms in total. The molecule has 0 saturated carbocycles. The number of hydrogen-bond acceptors (Lipinski definition) is 5. The van der Waals surface area contributed by atoms with Crippen molar-refractivity contribution in [1.29, 1.82) is 0 Å². The fraction of sp³-hybridized carbons (Fsp3) is 0.0833. The number of hydrogen-bond donors (Lipinski definition) is 3. The standard InChI is InChI=1S/C24H17Cl2F2N5O2/c25-17-11-15(6-8-18(17)27)31-22-16-10-14(7-9-19(16)29-12-30-22)32-23(34)20(33-24(35)21(26)28)13-4-2-1-3-5-13/h1-12,20-21H,(H,32,34)(H,33,35)(H,29,30,31)/t20-,21?/m1/s1. The van der Waals surface area contributed by atoms with E-state index in [4.69, 9.17) is 23.2 Å². The predicted molar refractivity (Wildman–Crippen MR) is 131 cm³/mol. The van der Waals surface area contributed by atoms with E-state index in [9.17, 15) is 18.4 Å². The van der Waals surface area contributed by atoms with E-state index < -0.39 is 29.3 Å². The minimum Gasteiger partial charge on any atom is -0.340 e. The number of rotatable bonds is 7. The zero-order valence-electron chi connectivity index (χ0n) is 17.8. The fourth-order valence-corrected chi connectivity index (χ4v) is 3.55. The summed E-state index contributed by atoms with van der Waals surface area (Å²) in [4.78, 5) is 33.4. The number of nitrogens with one attached hydrogen (secondary N) is 3. The number of carbonyl (C=O) groups is 2. The Balaban J connectivity index is 1.62. The average molecular weight is 516 g/mol. The third kappa shape index (κ3) is 5.82. The highest BCUT2D eigenvalue weighted by molar-refractivity contribution is 6.31. The summed E-state index contributed by atoms with van der Waals surface area (Å²) in [5.74, 6) is -1.91. The molecule has 3 N–H and O–H groups in total. The van der Waals surface area contributed by atoms with Crippen molar-refractivity contribution < 1.29 is 18.4 Å². The van der Waals surface area contributed by atoms with Crippen LogP contribution in [0.25, 0.3) is 10.9 Å². The first-order valence-corrected chi connectivity index (χ1v) is 11.0. The van der Waals surface area contributed by atoms with E-state index >= 15 is 0 Å². The van der Waals surface area contributed by atoms with Gasteiger partial charge in [-0.2, -0.15) is 0 Å². The summed E-state index contributed by atoms with van der Waals surface area (Å²) in [5, 5.41) is 8.57. The molecular weight excluding hydrogens is 499 g/mol. The third-order valence-corrected chi connectivity index (χ3v) is 5.45. The Labute approximate surface area is 208 Å². The van der Waals surface area contributed by atoms with Gasteiger partial charge in [-0.25, -0.2) is 18.7 Å². The number of carbonyl (C=O) groups excluding carboxylic acids is 2. The molecule has 0 aliphatic carbocycles. The van der Waals surface area contributed by atoms with Gasteiger partial charge < -0.3 is 16.0 Å². The molecule has 0 bridgehead atoms. The van der Waals surface area contributed by atoms with Gasteiger partial charge in [0.1, 0.15) is 24.0 Å². The first-order chi connectivity index (χ1) is 16.8. The number of halogens is 4. The normalized spacial score (nSPS) is 12.6. The van der Waals surface area contributed by atoms with Crippen molar-refractivity contribution in [3.63, 3.8) is 0 Å². The van der Waals surface area contributed by atoms with Crippen LogP contribution in [0.4, 0.5) is 26.0 Å². The van der Waals surface area contributed by atoms with Gasteiger partial charge in [0.2, 0.25) is 0 Å². The van der Waals surface area contributed by atoms with Crippen LogP contribution >= 0.6 is 23.2 Å². The largest absolute Gasteiger partial charge is 0.340 e. The molecule has 1 unspecified atom stereocenters. The fourth-order valence-electron chi connectivity index (χ4n) is 3.31. The van der Waals surface area contributed by atoms with Crippen molar-refractivity contribution >= 4 is 63.1 Å². The minimum absolute atomic E-state index is 0.0530. The molecule has 0 radical (unpaired) electrons. The molecule has 0 aliphatic heterocycles. The number of alkyl halides is 2. The Morgan fingerprint density at radius 3 is 2.37 bits per heavy atom. The maximum absolute atomic E-state index is 13.5. The van der Waals surface area contributed by atoms with Crippen molar-refractivity contribution in [3.05, 3.63) is 89.5 Å². The lowest BCUT2D eigenvalue weighted by molar-refractivity contribution is -0.128. The Morgan fingerprint density at radius 2 is 1.66 bits per heavy atom. The van der Waals surface area contributed by atoms with Crippen LogP contribution in [0, 0.1) is 5.82 Å². The molecule has 1 heterocycles. The maximum Gasteiger partial charge on any atom is 0.271 e. The summed E-state index contributed by atoms with van der Waals surface area (Å²) >= 11 is 11.1. The molecule has 0 aliphatic rings. The molecular formula is C24H17Cl2F2N5O2. The lowest BCUT2D eigenvalue weighted by atomic mass is 10.1. The Hall–Kier alpha value is -3.82. The van der Waals surface area contributed by atoms with Gasteiger partial charge in [0.25, 0.3) is 17.4 Å². The highest BCUT2D eigenvalue weighted by atomic mass is 35.5. The number of fused-ring (bicyclic) bond motifs is 1. The zero-order chi connectivity index (χ0) is 24.9. The van der Waals surface area contributed by atoms with Gasteiger partial charge in [-0.05, 0) is 42.0 Å². The van der Waals surface area contributed by atoms with Crippen LogP contribution in [0.3, 0.4) is 0 Å². The summed E-state index contributed by atoms with van der Waals surface area (Å²) in [6.07, 6.45) is 1.36. The average Bonchev–Trinajstić information content (AvgIpc) is 2.85. The van der Waals surface area contributed by atoms with Crippen LogP contribution in [0.15, 0.2) is 73.1 Å². The smallest absolute Gasteiger partial charge is 0.271 e. The highest BCUT2D eigenvalue weighted by Gasteiger charge is 2.26. The minimum atomic E-state index is -2.31. The van der Waals surface area contributed by atoms with Crippen molar-refractivity contribution in [2.75, 3.05) is 10.6 Å². The lowest BCUT2D eigenvalue weighted by Gasteiger charge is -2.19. The summed E-state index contributed by atoms with van der Waals surface area (Å²) < 4.78 is 26.8. The van der Waals surface area contributed by atoms with Gasteiger partial charge in [-0.3, -0.25) is 9.59 Å². The molecule has 0 spiro atoms. The van der Waals surface area contributed by atoms with Crippen LogP contribution in [0.5, 0.6) is 0 Å². The quantitative estimate of drug-likeness (QED) is 0.282. The van der Waals surface area contributed by atoms with E-state index in [1.165, 1.54) is 24.5 Å². The van der Waals surface area contributed by atoms with E-state index in [-0.39, 0.29) is 5.02 Å². The predicted octanol–water partition coefficient (Wildman–Crippen LogP) is 5.50. The lowest BCUT2D eigenvalue weighted by Crippen LogP contribution is -2.39. The van der Waals surface area contributed by atoms with E-state index in [0.29, 0.717) is 33.7 Å². The van der Waals surface area contributed by atoms with Crippen LogP contribution in [0.2, 0.25) is 5.02 Å². The molecule has 0 fully saturated rings. The number of nitrogens with zero attached hydrogens (tertiary/aromatic N) is 2. The van der Waals surface area contributed by atoms with E-state index in [0.717, 1.165) is 0 Å². The summed E-state index contributed by atoms with van der Waals surface area (Å²) in [7, 11) is 0. The molecule has 3 aromatic carbocycles. The molecule has 2 amide bonds. The zero-order valence-corrected chi connectivity index (χ0v) is 19.3. The van der Waals surface area contributed by atoms with Gasteiger partial charge in [0.05, 0.1) is 10.5 Å². The second kappa shape index (κ2) is 10.6. The molecule has 0 saturated heterocycles. The SMILES string of the molecule is O=C(N[C@@H](C(=O)Nc1ccc2ncnc(Nc3ccc(F)c(Cl)c3)c2c1)c1ccccc1)C(F)Cl. The van der Waals surface area contributed by atoms with E-state index in [1.807, 2.05) is 0 Å². The molecule has 178 valence electrons. The number of benzene rings is 3. The summed E-state index contributed by atoms with van der Waals surface area (Å²) in [6.45, 7) is 0. The maximum atomic E-state index is 13.5. The van der Waals surface area contributed by atoms with Crippen LogP contribution < -0.4 is 16.0 Å². The molecule has 4 rings (SSSR count). The first kappa shape index (κ1) is 24.3. The number of aromatic nitrogens is 2. The van der Waals surface area contributed by atoms with Crippen LogP contribution in [-0.2, 0) is 9.59 Å². The Morgan fingerprint density at radius 1 is 0.914 bits per heavy atom. The summed E-state index contributed by atoms with van der Waals surface area (Å²) in [6, 6.07) is 16.2. The topological polar surface area (TPSA) is 96.0 Å². The van der Waals surface area contributed by atoms with Crippen molar-refractivity contribution in [2.45, 2.75) is 11.7 Å². The van der Waals surface area contributed by atoms with Crippen LogP contribution in [-0.4, -0.2) is 27.4 Å². The van der Waals surface area contributed by atoms with E-state index in [2.05, 4.69) is 25.9 Å². The first-order valence-electron chi connectivity index (χ1n) is 10.2. The number of amides is 2. The number of anilines is 3. The molecule has 4 aromatic rings. The molecule has 2 atom stereocenters. The summed E-state index contributed by atoms with van der Waals surface area (Å²) in [5.41, 5.74) is -0.422. The van der Waals surface area contributed by atoms with Crippen molar-refractivity contribution in [1.82, 2.24) is 15.3 Å². The Bertz CT molecular complexity index is 1390. The van der Waals surface area contributed by atoms with Gasteiger partial charge in [-0.1, -0.05) is 53.5 Å². The second-order valence-corrected chi connectivity index (χ2v) is 8.14. The van der Waals surface area contributed by atoms with Gasteiger partial charge in [0.15, 0.2) is 0 Å². The monoisotopic (exact) mass is 515 g/mol.